The molecular formula is C23H36N2O8S. The minimum atomic E-state index is -4.80. The van der Waals surface area contributed by atoms with Crippen molar-refractivity contribution in [3.63, 3.8) is 0 Å². The van der Waals surface area contributed by atoms with E-state index >= 15 is 0 Å². The van der Waals surface area contributed by atoms with E-state index in [1.807, 2.05) is 0 Å². The molecule has 0 aliphatic heterocycles. The Balaban J connectivity index is 3.73. The fourth-order valence-corrected chi connectivity index (χ4v) is 5.03. The van der Waals surface area contributed by atoms with Crippen molar-refractivity contribution < 1.29 is 37.0 Å². The summed E-state index contributed by atoms with van der Waals surface area (Å²) in [5, 5.41) is 0. The summed E-state index contributed by atoms with van der Waals surface area (Å²) in [6.45, 7) is 10.5. The lowest BCUT2D eigenvalue weighted by atomic mass is 10.0. The number of benzene rings is 1. The first-order chi connectivity index (χ1) is 15.7. The van der Waals surface area contributed by atoms with Crippen LogP contribution in [-0.4, -0.2) is 66.5 Å². The van der Waals surface area contributed by atoms with Crippen LogP contribution < -0.4 is 0 Å². The van der Waals surface area contributed by atoms with Crippen LogP contribution in [0.25, 0.3) is 0 Å². The van der Waals surface area contributed by atoms with Crippen LogP contribution in [0.4, 0.5) is 4.79 Å². The third kappa shape index (κ3) is 7.69. The van der Waals surface area contributed by atoms with E-state index in [1.54, 1.807) is 71.9 Å². The van der Waals surface area contributed by atoms with Crippen molar-refractivity contribution in [3.05, 3.63) is 35.9 Å². The first-order valence-electron chi connectivity index (χ1n) is 11.0. The number of methoxy groups -OCH3 is 1. The van der Waals surface area contributed by atoms with Gasteiger partial charge in [0.15, 0.2) is 0 Å². The quantitative estimate of drug-likeness (QED) is 0.355. The largest absolute Gasteiger partial charge is 0.468 e. The van der Waals surface area contributed by atoms with Crippen molar-refractivity contribution in [2.75, 3.05) is 13.7 Å². The molecule has 34 heavy (non-hydrogen) atoms. The van der Waals surface area contributed by atoms with Gasteiger partial charge in [-0.05, 0) is 46.1 Å². The van der Waals surface area contributed by atoms with E-state index in [0.29, 0.717) is 9.87 Å². The molecule has 11 heteroatoms. The molecule has 2 atom stereocenters. The van der Waals surface area contributed by atoms with Crippen LogP contribution >= 0.6 is 0 Å². The van der Waals surface area contributed by atoms with Gasteiger partial charge in [0, 0.05) is 6.54 Å². The average Bonchev–Trinajstić information content (AvgIpc) is 2.72. The summed E-state index contributed by atoms with van der Waals surface area (Å²) in [6, 6.07) is 5.73. The van der Waals surface area contributed by atoms with Gasteiger partial charge in [0.25, 0.3) is 0 Å². The summed E-state index contributed by atoms with van der Waals surface area (Å²) in [5.74, 6) is -2.26. The first-order valence-corrected chi connectivity index (χ1v) is 12.4. The van der Waals surface area contributed by atoms with Crippen LogP contribution in [0.3, 0.4) is 0 Å². The molecule has 0 saturated carbocycles. The van der Waals surface area contributed by atoms with Gasteiger partial charge in [-0.2, -0.15) is 17.0 Å². The molecule has 0 heterocycles. The Kier molecular flexibility index (Phi) is 10.5. The number of carbonyl (C=O) groups excluding carboxylic acids is 3. The Bertz CT molecular complexity index is 941. The lowest BCUT2D eigenvalue weighted by Gasteiger charge is -2.37. The number of esters is 2. The Hall–Kier alpha value is -2.66. The summed E-state index contributed by atoms with van der Waals surface area (Å²) < 4.78 is 44.4. The molecular weight excluding hydrogens is 464 g/mol. The summed E-state index contributed by atoms with van der Waals surface area (Å²) in [7, 11) is -3.65. The van der Waals surface area contributed by atoms with Crippen molar-refractivity contribution in [2.45, 2.75) is 72.7 Å². The van der Waals surface area contributed by atoms with Gasteiger partial charge in [-0.15, -0.1) is 0 Å². The molecule has 0 aliphatic carbocycles. The van der Waals surface area contributed by atoms with E-state index in [1.165, 1.54) is 6.92 Å². The number of hydrogen-bond donors (Lipinski definition) is 0. The Labute approximate surface area is 202 Å². The minimum absolute atomic E-state index is 0.0180. The molecule has 0 aliphatic rings. The zero-order valence-electron chi connectivity index (χ0n) is 21.1. The minimum Gasteiger partial charge on any atom is -0.468 e. The van der Waals surface area contributed by atoms with E-state index < -0.39 is 51.8 Å². The van der Waals surface area contributed by atoms with Crippen LogP contribution in [0.2, 0.25) is 0 Å². The van der Waals surface area contributed by atoms with Crippen LogP contribution in [0.1, 0.15) is 54.0 Å². The van der Waals surface area contributed by atoms with Gasteiger partial charge in [-0.3, -0.25) is 4.79 Å². The molecule has 1 amide bonds. The zero-order chi connectivity index (χ0) is 26.3. The second kappa shape index (κ2) is 12.2. The number of carbonyl (C=O) groups is 3. The Morgan fingerprint density at radius 2 is 1.56 bits per heavy atom. The van der Waals surface area contributed by atoms with Crippen molar-refractivity contribution in [1.29, 1.82) is 0 Å². The van der Waals surface area contributed by atoms with Crippen molar-refractivity contribution in [3.8, 4) is 0 Å². The summed E-state index contributed by atoms with van der Waals surface area (Å²) >= 11 is 0. The van der Waals surface area contributed by atoms with E-state index in [9.17, 15) is 22.8 Å². The second-order valence-electron chi connectivity index (χ2n) is 8.95. The molecule has 1 aromatic carbocycles. The standard InChI is InChI=1S/C23H36N2O8S/c1-9-32-20(26)17(4)25(22(28)33-23(5,6)7)34(29,30)24(15-18-13-11-10-12-14-18)19(16(2)3)21(27)31-8/h10-14,16-17,19H,9,15H2,1-8H3/t17-,19-/m1/s1. The van der Waals surface area contributed by atoms with E-state index in [-0.39, 0.29) is 13.2 Å². The van der Waals surface area contributed by atoms with Gasteiger partial charge in [-0.1, -0.05) is 44.2 Å². The maximum atomic E-state index is 14.0. The SMILES string of the molecule is CCOC(=O)[C@@H](C)N(C(=O)OC(C)(C)C)S(=O)(=O)N(Cc1ccccc1)[C@@H](C(=O)OC)C(C)C. The topological polar surface area (TPSA) is 120 Å². The highest BCUT2D eigenvalue weighted by molar-refractivity contribution is 7.87. The molecule has 1 aromatic rings. The van der Waals surface area contributed by atoms with Gasteiger partial charge in [0.1, 0.15) is 17.7 Å². The van der Waals surface area contributed by atoms with Crippen molar-refractivity contribution in [1.82, 2.24) is 8.61 Å². The van der Waals surface area contributed by atoms with E-state index in [2.05, 4.69) is 0 Å². The highest BCUT2D eigenvalue weighted by Gasteiger charge is 2.47. The summed E-state index contributed by atoms with van der Waals surface area (Å²) in [5.41, 5.74) is -0.489. The fourth-order valence-electron chi connectivity index (χ4n) is 3.16. The zero-order valence-corrected chi connectivity index (χ0v) is 21.9. The van der Waals surface area contributed by atoms with Crippen LogP contribution in [0.5, 0.6) is 0 Å². The highest BCUT2D eigenvalue weighted by Crippen LogP contribution is 2.26. The smallest absolute Gasteiger partial charge is 0.425 e. The predicted molar refractivity (Wildman–Crippen MR) is 126 cm³/mol. The predicted octanol–water partition coefficient (Wildman–Crippen LogP) is 3.12. The van der Waals surface area contributed by atoms with Crippen LogP contribution in [0.15, 0.2) is 30.3 Å². The Morgan fingerprint density at radius 1 is 1.00 bits per heavy atom. The molecule has 0 saturated heterocycles. The third-order valence-electron chi connectivity index (χ3n) is 4.66. The molecule has 0 fully saturated rings. The van der Waals surface area contributed by atoms with Crippen molar-refractivity contribution >= 4 is 28.2 Å². The second-order valence-corrected chi connectivity index (χ2v) is 10.7. The Morgan fingerprint density at radius 3 is 2.00 bits per heavy atom. The lowest BCUT2D eigenvalue weighted by Crippen LogP contribution is -2.58. The van der Waals surface area contributed by atoms with E-state index in [4.69, 9.17) is 14.2 Å². The summed E-state index contributed by atoms with van der Waals surface area (Å²) in [4.78, 5) is 38.4. The molecule has 0 bridgehead atoms. The van der Waals surface area contributed by atoms with Gasteiger partial charge in [-0.25, -0.2) is 9.59 Å². The molecule has 0 radical (unpaired) electrons. The van der Waals surface area contributed by atoms with E-state index in [0.717, 1.165) is 11.4 Å². The van der Waals surface area contributed by atoms with Gasteiger partial charge < -0.3 is 14.2 Å². The van der Waals surface area contributed by atoms with Gasteiger partial charge in [0.2, 0.25) is 0 Å². The third-order valence-corrected chi connectivity index (χ3v) is 6.57. The summed E-state index contributed by atoms with van der Waals surface area (Å²) in [6.07, 6.45) is -1.27. The molecule has 10 nitrogen and oxygen atoms in total. The number of ether oxygens (including phenoxy) is 3. The number of amides is 1. The highest BCUT2D eigenvalue weighted by atomic mass is 32.2. The normalized spacial score (nSPS) is 13.8. The first kappa shape index (κ1) is 29.4. The lowest BCUT2D eigenvalue weighted by molar-refractivity contribution is -0.147. The fraction of sp³-hybridized carbons (Fsp3) is 0.609. The van der Waals surface area contributed by atoms with Crippen LogP contribution in [0, 0.1) is 5.92 Å². The maximum Gasteiger partial charge on any atom is 0.425 e. The molecule has 0 unspecified atom stereocenters. The number of nitrogens with zero attached hydrogens (tertiary/aromatic N) is 2. The van der Waals surface area contributed by atoms with Crippen molar-refractivity contribution in [2.24, 2.45) is 5.92 Å². The average molecular weight is 501 g/mol. The van der Waals surface area contributed by atoms with Crippen LogP contribution in [-0.2, 0) is 40.6 Å². The molecule has 0 N–H and O–H groups in total. The number of rotatable bonds is 10. The maximum absolute atomic E-state index is 14.0. The van der Waals surface area contributed by atoms with Gasteiger partial charge >= 0.3 is 28.2 Å². The molecule has 1 rings (SSSR count). The molecule has 0 aromatic heterocycles. The number of hydrogen-bond acceptors (Lipinski definition) is 8. The monoisotopic (exact) mass is 500 g/mol. The van der Waals surface area contributed by atoms with Gasteiger partial charge in [0.05, 0.1) is 13.7 Å². The molecule has 0 spiro atoms. The molecule has 192 valence electrons.